The first kappa shape index (κ1) is 50.5. The number of amides is 2. The maximum absolute atomic E-state index is 13.0. The van der Waals surface area contributed by atoms with E-state index in [4.69, 9.17) is 47.4 Å². The predicted molar refractivity (Wildman–Crippen MR) is 281 cm³/mol. The van der Waals surface area contributed by atoms with Crippen molar-refractivity contribution in [3.63, 3.8) is 0 Å². The second kappa shape index (κ2) is 23.3. The van der Waals surface area contributed by atoms with Gasteiger partial charge in [0.05, 0.1) is 76.3 Å². The Hall–Kier alpha value is -7.93. The summed E-state index contributed by atoms with van der Waals surface area (Å²) < 4.78 is 61.4. The summed E-state index contributed by atoms with van der Waals surface area (Å²) in [6, 6.07) is 33.8. The highest BCUT2D eigenvalue weighted by Crippen LogP contribution is 2.42. The molecule has 10 aliphatic rings. The predicted octanol–water partition coefficient (Wildman–Crippen LogP) is 11.2. The fourth-order valence-corrected chi connectivity index (χ4v) is 9.58. The summed E-state index contributed by atoms with van der Waals surface area (Å²) in [4.78, 5) is 13.0. The smallest absolute Gasteiger partial charge is 0.319 e. The van der Waals surface area contributed by atoms with Gasteiger partial charge in [0.15, 0.2) is 0 Å². The number of ether oxygens (including phenoxy) is 10. The number of anilines is 1. The molecule has 0 atom stereocenters. The van der Waals surface area contributed by atoms with E-state index in [-0.39, 0.29) is 6.03 Å². The third-order valence-electron chi connectivity index (χ3n) is 13.3. The molecule has 0 spiro atoms. The van der Waals surface area contributed by atoms with Gasteiger partial charge in [-0.05, 0) is 85.0 Å². The lowest BCUT2D eigenvalue weighted by molar-refractivity contribution is 0.251. The molecule has 0 unspecified atom stereocenters. The fourth-order valence-electron chi connectivity index (χ4n) is 9.58. The third-order valence-corrected chi connectivity index (χ3v) is 13.3. The molecule has 0 heterocycles. The molecule has 2 N–H and O–H groups in total. The second-order valence-corrected chi connectivity index (χ2v) is 17.5. The Balaban J connectivity index is 1.17. The van der Waals surface area contributed by atoms with E-state index in [1.54, 1.807) is 64.0 Å². The number of nitrogens with one attached hydrogen (secondary N) is 2. The molecule has 0 saturated carbocycles. The Morgan fingerprint density at radius 3 is 1.04 bits per heavy atom. The molecule has 0 fully saturated rings. The minimum atomic E-state index is -0.259. The van der Waals surface area contributed by atoms with Crippen LogP contribution in [0.4, 0.5) is 10.5 Å². The number of rotatable bonds is 16. The lowest BCUT2D eigenvalue weighted by atomic mass is 9.94. The van der Waals surface area contributed by atoms with Gasteiger partial charge in [0, 0.05) is 99.7 Å². The van der Waals surface area contributed by atoms with Gasteiger partial charge in [0.25, 0.3) is 0 Å². The van der Waals surface area contributed by atoms with Crippen LogP contribution in [0, 0.1) is 0 Å². The van der Waals surface area contributed by atoms with Crippen LogP contribution in [0.5, 0.6) is 57.5 Å². The molecule has 13 heteroatoms. The molecule has 7 aromatic rings. The Labute approximate surface area is 422 Å². The molecule has 0 saturated heterocycles. The van der Waals surface area contributed by atoms with Gasteiger partial charge in [-0.15, -0.1) is 0 Å². The molecule has 72 heavy (non-hydrogen) atoms. The molecule has 7 aromatic carbocycles. The van der Waals surface area contributed by atoms with Crippen LogP contribution in [0.15, 0.2) is 103 Å². The zero-order chi connectivity index (χ0) is 50.7. The lowest BCUT2D eigenvalue weighted by Crippen LogP contribution is -2.29. The molecule has 10 bridgehead atoms. The van der Waals surface area contributed by atoms with Gasteiger partial charge >= 0.3 is 6.03 Å². The summed E-state index contributed by atoms with van der Waals surface area (Å²) in [7, 11) is 15.0. The first-order chi connectivity index (χ1) is 35.1. The van der Waals surface area contributed by atoms with E-state index >= 15 is 0 Å². The molecule has 10 aliphatic carbocycles. The number of urea groups is 1. The van der Waals surface area contributed by atoms with Crippen molar-refractivity contribution in [1.82, 2.24) is 5.32 Å². The van der Waals surface area contributed by atoms with Gasteiger partial charge < -0.3 is 58.0 Å². The van der Waals surface area contributed by atoms with Crippen LogP contribution in [0.1, 0.15) is 68.5 Å². The molecule has 17 rings (SSSR count). The lowest BCUT2D eigenvalue weighted by Gasteiger charge is -2.20. The number of hydrogen-bond donors (Lipinski definition) is 2. The highest BCUT2D eigenvalue weighted by Gasteiger charge is 2.23. The Morgan fingerprint density at radius 1 is 0.389 bits per heavy atom. The third kappa shape index (κ3) is 11.2. The highest BCUT2D eigenvalue weighted by molar-refractivity contribution is 6.01. The van der Waals surface area contributed by atoms with E-state index in [0.717, 1.165) is 72.1 Å². The quantitative estimate of drug-likeness (QED) is 0.0897. The van der Waals surface area contributed by atoms with E-state index in [9.17, 15) is 4.79 Å². The SMILES string of the molecule is COc1cc2c(OC)cc1Cc1cc(OC)c(cc1OC)Cc1cc(OC)c(cc1OC)Cc1cc(OC)c(cc1OCCCCNC(=O)Nc1cccc3ccccc13)Cc1cc(OC)c(cc1OC)C2. The average Bonchev–Trinajstić information content (AvgIpc) is 3.40. The summed E-state index contributed by atoms with van der Waals surface area (Å²) in [5, 5.41) is 8.05. The molecular formula is C59H64N2O11. The number of carbonyl (C=O) groups excluding carboxylic acids is 1. The van der Waals surface area contributed by atoms with Crippen molar-refractivity contribution in [2.75, 3.05) is 82.5 Å². The normalized spacial score (nSPS) is 12.0. The van der Waals surface area contributed by atoms with E-state index in [1.807, 2.05) is 103 Å². The number of fused-ring (bicyclic) bond motifs is 1. The fraction of sp³-hybridized carbons (Fsp3) is 0.305. The molecule has 376 valence electrons. The Kier molecular flexibility index (Phi) is 16.3. The maximum Gasteiger partial charge on any atom is 0.319 e. The first-order valence-electron chi connectivity index (χ1n) is 23.9. The largest absolute Gasteiger partial charge is 0.496 e. The van der Waals surface area contributed by atoms with Crippen molar-refractivity contribution in [3.05, 3.63) is 159 Å². The summed E-state index contributed by atoms with van der Waals surface area (Å²) >= 11 is 0. The number of methoxy groups -OCH3 is 9. The minimum absolute atomic E-state index is 0.259. The topological polar surface area (TPSA) is 133 Å². The molecule has 0 radical (unpaired) electrons. The Morgan fingerprint density at radius 2 is 0.694 bits per heavy atom. The van der Waals surface area contributed by atoms with Crippen LogP contribution < -0.4 is 58.0 Å². The second-order valence-electron chi connectivity index (χ2n) is 17.5. The first-order valence-corrected chi connectivity index (χ1v) is 23.9. The monoisotopic (exact) mass is 976 g/mol. The standard InChI is InChI=1S/C59H64N2O11/c1-63-49-28-39-22-41-30-54(68-6)43(32-53(41)67-5)24-45-35-58(72-20-13-12-19-60-59(62)61-48-18-14-16-36-15-10-11-17-47(36)48)46(34-57(45)71-9)25-44-33-55(69-7)42(31-56(44)70-8)23-40-29-51(65-3)38(27-52(40)66-4)21-37(49)26-50(39)64-2/h10-11,14-18,26-35H,12-13,19-25H2,1-9H3,(H2,60,61,62). The molecular weight excluding hydrogens is 913 g/mol. The highest BCUT2D eigenvalue weighted by atomic mass is 16.5. The number of benzene rings is 7. The summed E-state index contributed by atoms with van der Waals surface area (Å²) in [6.07, 6.45) is 3.68. The van der Waals surface area contributed by atoms with Gasteiger partial charge in [-0.25, -0.2) is 4.79 Å². The van der Waals surface area contributed by atoms with Crippen LogP contribution in [0.2, 0.25) is 0 Å². The van der Waals surface area contributed by atoms with Crippen LogP contribution in [0.25, 0.3) is 10.8 Å². The maximum atomic E-state index is 13.0. The van der Waals surface area contributed by atoms with Crippen LogP contribution in [-0.2, 0) is 32.1 Å². The number of carbonyl (C=O) groups is 1. The van der Waals surface area contributed by atoms with Crippen molar-refractivity contribution in [3.8, 4) is 57.5 Å². The summed E-state index contributed by atoms with van der Waals surface area (Å²) in [5.41, 5.74) is 9.76. The Bertz CT molecular complexity index is 3050. The van der Waals surface area contributed by atoms with E-state index in [2.05, 4.69) is 10.6 Å². The van der Waals surface area contributed by atoms with Gasteiger partial charge in [-0.1, -0.05) is 36.4 Å². The number of hydrogen-bond acceptors (Lipinski definition) is 11. The van der Waals surface area contributed by atoms with Gasteiger partial charge in [-0.2, -0.15) is 0 Å². The van der Waals surface area contributed by atoms with Crippen molar-refractivity contribution in [2.45, 2.75) is 44.9 Å². The van der Waals surface area contributed by atoms with Gasteiger partial charge in [0.2, 0.25) is 0 Å². The van der Waals surface area contributed by atoms with Crippen molar-refractivity contribution < 1.29 is 52.2 Å². The van der Waals surface area contributed by atoms with Crippen molar-refractivity contribution in [2.24, 2.45) is 0 Å². The van der Waals surface area contributed by atoms with Gasteiger partial charge in [-0.3, -0.25) is 0 Å². The summed E-state index contributed by atoms with van der Waals surface area (Å²) in [6.45, 7) is 0.867. The zero-order valence-corrected chi connectivity index (χ0v) is 42.7. The van der Waals surface area contributed by atoms with Crippen LogP contribution in [-0.4, -0.2) is 83.2 Å². The van der Waals surface area contributed by atoms with Crippen molar-refractivity contribution in [1.29, 1.82) is 0 Å². The van der Waals surface area contributed by atoms with Gasteiger partial charge in [0.1, 0.15) is 57.5 Å². The minimum Gasteiger partial charge on any atom is -0.496 e. The molecule has 2 amide bonds. The molecule has 13 nitrogen and oxygen atoms in total. The number of unbranched alkanes of at least 4 members (excludes halogenated alkanes) is 1. The van der Waals surface area contributed by atoms with Crippen LogP contribution >= 0.6 is 0 Å². The molecule has 0 aromatic heterocycles. The van der Waals surface area contributed by atoms with E-state index in [1.165, 1.54) is 0 Å². The average molecular weight is 977 g/mol. The summed E-state index contributed by atoms with van der Waals surface area (Å²) in [5.74, 6) is 6.90. The van der Waals surface area contributed by atoms with E-state index < -0.39 is 0 Å². The van der Waals surface area contributed by atoms with Crippen molar-refractivity contribution >= 4 is 22.5 Å². The molecule has 0 aliphatic heterocycles. The zero-order valence-electron chi connectivity index (χ0n) is 42.7. The van der Waals surface area contributed by atoms with E-state index in [0.29, 0.717) is 116 Å². The van der Waals surface area contributed by atoms with Crippen LogP contribution in [0.3, 0.4) is 0 Å².